The Kier molecular flexibility index (Phi) is 5.08. The second-order valence-corrected chi connectivity index (χ2v) is 5.34. The molecule has 0 bridgehead atoms. The molecule has 0 aromatic carbocycles. The number of thioether (sulfide) groups is 1. The van der Waals surface area contributed by atoms with Gasteiger partial charge in [-0.3, -0.25) is 0 Å². The van der Waals surface area contributed by atoms with E-state index in [1.807, 2.05) is 6.92 Å². The van der Waals surface area contributed by atoms with Crippen molar-refractivity contribution >= 4 is 34.2 Å². The van der Waals surface area contributed by atoms with E-state index in [4.69, 9.17) is 0 Å². The summed E-state index contributed by atoms with van der Waals surface area (Å²) in [6.45, 7) is 3.90. The molecule has 1 aromatic rings. The van der Waals surface area contributed by atoms with Gasteiger partial charge in [0.1, 0.15) is 4.88 Å². The molecule has 1 N–H and O–H groups in total. The summed E-state index contributed by atoms with van der Waals surface area (Å²) in [5, 5.41) is 4.04. The van der Waals surface area contributed by atoms with E-state index in [-0.39, 0.29) is 5.97 Å². The number of rotatable bonds is 5. The summed E-state index contributed by atoms with van der Waals surface area (Å²) in [6, 6.07) is 0.339. The van der Waals surface area contributed by atoms with E-state index in [1.165, 1.54) is 18.4 Å². The minimum atomic E-state index is -0.319. The molecule has 4 nitrogen and oxygen atoms in total. The second-order valence-electron chi connectivity index (χ2n) is 3.43. The summed E-state index contributed by atoms with van der Waals surface area (Å²) in [5.74, 6) is 0.687. The molecule has 16 heavy (non-hydrogen) atoms. The van der Waals surface area contributed by atoms with Crippen LogP contribution in [0.5, 0.6) is 0 Å². The van der Waals surface area contributed by atoms with Crippen LogP contribution in [0.2, 0.25) is 0 Å². The van der Waals surface area contributed by atoms with Gasteiger partial charge in [-0.05, 0) is 20.1 Å². The van der Waals surface area contributed by atoms with Crippen molar-refractivity contribution in [3.63, 3.8) is 0 Å². The van der Waals surface area contributed by atoms with Crippen LogP contribution in [0.4, 0.5) is 5.13 Å². The molecule has 90 valence electrons. The maximum absolute atomic E-state index is 11.4. The molecule has 1 rings (SSSR count). The zero-order valence-corrected chi connectivity index (χ0v) is 11.5. The van der Waals surface area contributed by atoms with E-state index in [9.17, 15) is 4.79 Å². The van der Waals surface area contributed by atoms with Crippen LogP contribution in [0.15, 0.2) is 0 Å². The molecule has 6 heteroatoms. The monoisotopic (exact) mass is 260 g/mol. The highest BCUT2D eigenvalue weighted by atomic mass is 32.2. The Morgan fingerprint density at radius 3 is 2.94 bits per heavy atom. The summed E-state index contributed by atoms with van der Waals surface area (Å²) in [7, 11) is 1.38. The van der Waals surface area contributed by atoms with Crippen molar-refractivity contribution < 1.29 is 9.53 Å². The molecule has 0 radical (unpaired) electrons. The number of aryl methyl sites for hydroxylation is 1. The minimum Gasteiger partial charge on any atom is -0.465 e. The van der Waals surface area contributed by atoms with E-state index in [0.717, 1.165) is 16.6 Å². The fourth-order valence-corrected chi connectivity index (χ4v) is 2.82. The molecular formula is C10H16N2O2S2. The van der Waals surface area contributed by atoms with Gasteiger partial charge in [0.2, 0.25) is 0 Å². The number of aromatic nitrogens is 1. The van der Waals surface area contributed by atoms with Crippen LogP contribution in [-0.2, 0) is 4.74 Å². The highest BCUT2D eigenvalue weighted by molar-refractivity contribution is 7.98. The Bertz CT molecular complexity index is 366. The van der Waals surface area contributed by atoms with Crippen molar-refractivity contribution in [2.75, 3.05) is 24.4 Å². The highest BCUT2D eigenvalue weighted by Crippen LogP contribution is 2.24. The SMILES string of the molecule is COC(=O)c1sc(NC(C)CSC)nc1C. The van der Waals surface area contributed by atoms with Gasteiger partial charge in [-0.1, -0.05) is 11.3 Å². The number of ether oxygens (including phenoxy) is 1. The van der Waals surface area contributed by atoms with Crippen molar-refractivity contribution in [3.05, 3.63) is 10.6 Å². The lowest BCUT2D eigenvalue weighted by Gasteiger charge is -2.10. The number of nitrogens with zero attached hydrogens (tertiary/aromatic N) is 1. The van der Waals surface area contributed by atoms with E-state index in [1.54, 1.807) is 11.8 Å². The molecule has 0 spiro atoms. The number of anilines is 1. The van der Waals surface area contributed by atoms with E-state index in [0.29, 0.717) is 10.9 Å². The molecule has 0 fully saturated rings. The van der Waals surface area contributed by atoms with E-state index >= 15 is 0 Å². The number of methoxy groups -OCH3 is 1. The van der Waals surface area contributed by atoms with E-state index in [2.05, 4.69) is 28.2 Å². The lowest BCUT2D eigenvalue weighted by atomic mass is 10.4. The first kappa shape index (κ1) is 13.3. The fraction of sp³-hybridized carbons (Fsp3) is 0.600. The second kappa shape index (κ2) is 6.10. The van der Waals surface area contributed by atoms with Gasteiger partial charge in [-0.15, -0.1) is 0 Å². The van der Waals surface area contributed by atoms with Crippen molar-refractivity contribution in [1.29, 1.82) is 0 Å². The summed E-state index contributed by atoms with van der Waals surface area (Å²) >= 11 is 3.11. The molecular weight excluding hydrogens is 244 g/mol. The molecule has 0 saturated heterocycles. The molecule has 0 aliphatic carbocycles. The Labute approximate surface area is 104 Å². The zero-order chi connectivity index (χ0) is 12.1. The third-order valence-electron chi connectivity index (χ3n) is 1.95. The first-order valence-electron chi connectivity index (χ1n) is 4.89. The van der Waals surface area contributed by atoms with Crippen LogP contribution >= 0.6 is 23.1 Å². The van der Waals surface area contributed by atoms with Crippen molar-refractivity contribution in [1.82, 2.24) is 4.98 Å². The largest absolute Gasteiger partial charge is 0.465 e. The number of carbonyl (C=O) groups excluding carboxylic acids is 1. The third-order valence-corrected chi connectivity index (χ3v) is 3.86. The number of nitrogens with one attached hydrogen (secondary N) is 1. The number of hydrogen-bond donors (Lipinski definition) is 1. The Morgan fingerprint density at radius 2 is 2.38 bits per heavy atom. The van der Waals surface area contributed by atoms with Crippen LogP contribution in [0.1, 0.15) is 22.3 Å². The third kappa shape index (κ3) is 3.38. The average molecular weight is 260 g/mol. The van der Waals surface area contributed by atoms with Gasteiger partial charge in [0.05, 0.1) is 12.8 Å². The van der Waals surface area contributed by atoms with Crippen molar-refractivity contribution in [2.24, 2.45) is 0 Å². The van der Waals surface area contributed by atoms with Crippen LogP contribution in [-0.4, -0.2) is 36.1 Å². The molecule has 1 atom stereocenters. The Balaban J connectivity index is 2.73. The predicted octanol–water partition coefficient (Wildman–Crippen LogP) is 2.40. The minimum absolute atomic E-state index is 0.319. The molecule has 0 saturated carbocycles. The number of hydrogen-bond acceptors (Lipinski definition) is 6. The quantitative estimate of drug-likeness (QED) is 0.824. The van der Waals surface area contributed by atoms with Gasteiger partial charge in [0.25, 0.3) is 0 Å². The highest BCUT2D eigenvalue weighted by Gasteiger charge is 2.16. The van der Waals surface area contributed by atoms with E-state index < -0.39 is 0 Å². The maximum atomic E-state index is 11.4. The van der Waals surface area contributed by atoms with Crippen LogP contribution in [0.3, 0.4) is 0 Å². The van der Waals surface area contributed by atoms with Crippen LogP contribution in [0, 0.1) is 6.92 Å². The van der Waals surface area contributed by atoms with Gasteiger partial charge in [-0.2, -0.15) is 11.8 Å². The standard InChI is InChI=1S/C10H16N2O2S2/c1-6(5-15-4)11-10-12-7(2)8(16-10)9(13)14-3/h6H,5H2,1-4H3,(H,11,12). The summed E-state index contributed by atoms with van der Waals surface area (Å²) in [6.07, 6.45) is 2.06. The first-order valence-corrected chi connectivity index (χ1v) is 7.10. The van der Waals surface area contributed by atoms with Gasteiger partial charge in [0.15, 0.2) is 5.13 Å². The Hall–Kier alpha value is -0.750. The van der Waals surface area contributed by atoms with Crippen LogP contribution < -0.4 is 5.32 Å². The smallest absolute Gasteiger partial charge is 0.350 e. The molecule has 1 aromatic heterocycles. The number of esters is 1. The van der Waals surface area contributed by atoms with Gasteiger partial charge < -0.3 is 10.1 Å². The molecule has 0 aliphatic heterocycles. The summed E-state index contributed by atoms with van der Waals surface area (Å²) in [5.41, 5.74) is 0.718. The lowest BCUT2D eigenvalue weighted by molar-refractivity contribution is 0.0605. The predicted molar refractivity (Wildman–Crippen MR) is 69.7 cm³/mol. The normalized spacial score (nSPS) is 12.2. The van der Waals surface area contributed by atoms with Gasteiger partial charge in [-0.25, -0.2) is 9.78 Å². The van der Waals surface area contributed by atoms with Crippen LogP contribution in [0.25, 0.3) is 0 Å². The molecule has 0 amide bonds. The summed E-state index contributed by atoms with van der Waals surface area (Å²) in [4.78, 5) is 16.2. The van der Waals surface area contributed by atoms with Crippen molar-refractivity contribution in [3.8, 4) is 0 Å². The Morgan fingerprint density at radius 1 is 1.69 bits per heavy atom. The van der Waals surface area contributed by atoms with Gasteiger partial charge >= 0.3 is 5.97 Å². The molecule has 1 heterocycles. The number of thiazole rings is 1. The average Bonchev–Trinajstić information content (AvgIpc) is 2.58. The maximum Gasteiger partial charge on any atom is 0.350 e. The molecule has 1 unspecified atom stereocenters. The fourth-order valence-electron chi connectivity index (χ4n) is 1.24. The topological polar surface area (TPSA) is 51.2 Å². The first-order chi connectivity index (χ1) is 7.58. The van der Waals surface area contributed by atoms with Gasteiger partial charge in [0, 0.05) is 11.8 Å². The zero-order valence-electron chi connectivity index (χ0n) is 9.86. The lowest BCUT2D eigenvalue weighted by Crippen LogP contribution is -2.17. The van der Waals surface area contributed by atoms with Crippen molar-refractivity contribution in [2.45, 2.75) is 19.9 Å². The molecule has 0 aliphatic rings. The number of carbonyl (C=O) groups is 1. The summed E-state index contributed by atoms with van der Waals surface area (Å²) < 4.78 is 4.68.